The van der Waals surface area contributed by atoms with Crippen molar-refractivity contribution in [3.8, 4) is 0 Å². The molecule has 1 aromatic rings. The van der Waals surface area contributed by atoms with Crippen LogP contribution >= 0.6 is 23.2 Å². The van der Waals surface area contributed by atoms with E-state index < -0.39 is 20.9 Å². The van der Waals surface area contributed by atoms with Crippen molar-refractivity contribution >= 4 is 33.2 Å². The summed E-state index contributed by atoms with van der Waals surface area (Å²) in [6, 6.07) is 2.42. The molecule has 0 aliphatic carbocycles. The van der Waals surface area contributed by atoms with E-state index in [-0.39, 0.29) is 16.0 Å². The van der Waals surface area contributed by atoms with Gasteiger partial charge in [0.15, 0.2) is 5.82 Å². The number of sulfonamides is 1. The molecule has 5 nitrogen and oxygen atoms in total. The molecule has 1 aromatic carbocycles. The smallest absolute Gasteiger partial charge is 0.244 e. The van der Waals surface area contributed by atoms with Crippen LogP contribution < -0.4 is 5.73 Å². The topological polar surface area (TPSA) is 72.6 Å². The fraction of sp³-hybridized carbons (Fsp3) is 0.571. The number of halogens is 3. The van der Waals surface area contributed by atoms with E-state index in [1.807, 2.05) is 0 Å². The molecule has 0 unspecified atom stereocenters. The van der Waals surface area contributed by atoms with Gasteiger partial charge in [-0.2, -0.15) is 4.31 Å². The van der Waals surface area contributed by atoms with Gasteiger partial charge in [0.2, 0.25) is 10.0 Å². The van der Waals surface area contributed by atoms with Gasteiger partial charge in [-0.15, -0.1) is 0 Å². The maximum Gasteiger partial charge on any atom is 0.244 e. The van der Waals surface area contributed by atoms with Gasteiger partial charge >= 0.3 is 0 Å². The molecule has 9 heteroatoms. The summed E-state index contributed by atoms with van der Waals surface area (Å²) in [5, 5.41) is -0.681. The molecule has 0 spiro atoms. The Morgan fingerprint density at radius 2 is 1.96 bits per heavy atom. The minimum Gasteiger partial charge on any atom is -0.378 e. The summed E-state index contributed by atoms with van der Waals surface area (Å²) in [7, 11) is -3.85. The Bertz CT molecular complexity index is 650. The van der Waals surface area contributed by atoms with Gasteiger partial charge in [-0.25, -0.2) is 12.8 Å². The molecule has 130 valence electrons. The Morgan fingerprint density at radius 1 is 1.30 bits per heavy atom. The van der Waals surface area contributed by atoms with Gasteiger partial charge < -0.3 is 10.5 Å². The predicted octanol–water partition coefficient (Wildman–Crippen LogP) is 2.65. The van der Waals surface area contributed by atoms with Crippen molar-refractivity contribution in [2.24, 2.45) is 5.73 Å². The van der Waals surface area contributed by atoms with Crippen molar-refractivity contribution < 1.29 is 17.5 Å². The number of rotatable bonds is 6. The van der Waals surface area contributed by atoms with E-state index in [0.29, 0.717) is 39.1 Å². The first-order chi connectivity index (χ1) is 10.9. The first-order valence-electron chi connectivity index (χ1n) is 7.33. The van der Waals surface area contributed by atoms with Crippen LogP contribution in [0.4, 0.5) is 4.39 Å². The Morgan fingerprint density at radius 3 is 2.57 bits per heavy atom. The quantitative estimate of drug-likeness (QED) is 0.604. The van der Waals surface area contributed by atoms with E-state index in [0.717, 1.165) is 6.42 Å². The molecule has 1 aliphatic heterocycles. The van der Waals surface area contributed by atoms with E-state index in [1.165, 1.54) is 16.4 Å². The Hall–Kier alpha value is -0.440. The van der Waals surface area contributed by atoms with E-state index >= 15 is 0 Å². The summed E-state index contributed by atoms with van der Waals surface area (Å²) in [4.78, 5) is -0.261. The van der Waals surface area contributed by atoms with Crippen molar-refractivity contribution in [1.29, 1.82) is 0 Å². The van der Waals surface area contributed by atoms with Crippen LogP contribution in [0.3, 0.4) is 0 Å². The Balaban J connectivity index is 2.06. The van der Waals surface area contributed by atoms with Crippen LogP contribution in [0.15, 0.2) is 17.0 Å². The number of hydrogen-bond donors (Lipinski definition) is 1. The predicted molar refractivity (Wildman–Crippen MR) is 87.8 cm³/mol. The molecule has 0 amide bonds. The lowest BCUT2D eigenvalue weighted by Crippen LogP contribution is -2.41. The fourth-order valence-corrected chi connectivity index (χ4v) is 4.61. The summed E-state index contributed by atoms with van der Waals surface area (Å²) >= 11 is 11.4. The van der Waals surface area contributed by atoms with Gasteiger partial charge in [-0.1, -0.05) is 23.2 Å². The normalized spacial score (nSPS) is 17.6. The first kappa shape index (κ1) is 18.9. The molecule has 1 fully saturated rings. The highest BCUT2D eigenvalue weighted by molar-refractivity contribution is 7.89. The summed E-state index contributed by atoms with van der Waals surface area (Å²) < 4.78 is 45.9. The van der Waals surface area contributed by atoms with E-state index in [9.17, 15) is 12.8 Å². The van der Waals surface area contributed by atoms with Crippen LogP contribution in [0, 0.1) is 5.82 Å². The third-order valence-electron chi connectivity index (χ3n) is 3.72. The molecule has 2 N–H and O–H groups in total. The van der Waals surface area contributed by atoms with Crippen LogP contribution in [-0.2, 0) is 14.8 Å². The SMILES string of the molecule is NCCCOC1CCN(S(=O)(=O)c2ccc(Cl)c(F)c2Cl)CC1. The third-order valence-corrected chi connectivity index (χ3v) is 6.44. The highest BCUT2D eigenvalue weighted by Gasteiger charge is 2.32. The number of ether oxygens (including phenoxy) is 1. The van der Waals surface area contributed by atoms with Gasteiger partial charge in [-0.05, 0) is 37.9 Å². The zero-order chi connectivity index (χ0) is 17.0. The summed E-state index contributed by atoms with van der Waals surface area (Å²) in [6.45, 7) is 1.74. The van der Waals surface area contributed by atoms with Gasteiger partial charge in [0.25, 0.3) is 0 Å². The molecule has 1 aliphatic rings. The number of hydrogen-bond acceptors (Lipinski definition) is 4. The maximum atomic E-state index is 13.7. The largest absolute Gasteiger partial charge is 0.378 e. The van der Waals surface area contributed by atoms with Gasteiger partial charge in [-0.3, -0.25) is 0 Å². The van der Waals surface area contributed by atoms with Crippen LogP contribution in [0.25, 0.3) is 0 Å². The second-order valence-electron chi connectivity index (χ2n) is 5.29. The number of nitrogens with zero attached hydrogens (tertiary/aromatic N) is 1. The molecule has 1 saturated heterocycles. The molecule has 0 saturated carbocycles. The van der Waals surface area contributed by atoms with E-state index in [1.54, 1.807) is 0 Å². The van der Waals surface area contributed by atoms with E-state index in [2.05, 4.69) is 0 Å². The van der Waals surface area contributed by atoms with Crippen molar-refractivity contribution in [1.82, 2.24) is 4.31 Å². The van der Waals surface area contributed by atoms with Gasteiger partial charge in [0.05, 0.1) is 16.1 Å². The van der Waals surface area contributed by atoms with Crippen LogP contribution in [0.1, 0.15) is 19.3 Å². The monoisotopic (exact) mass is 384 g/mol. The molecule has 0 atom stereocenters. The zero-order valence-corrected chi connectivity index (χ0v) is 14.8. The van der Waals surface area contributed by atoms with Gasteiger partial charge in [0.1, 0.15) is 4.90 Å². The summed E-state index contributed by atoms with van der Waals surface area (Å²) in [5.74, 6) is -0.922. The van der Waals surface area contributed by atoms with Crippen molar-refractivity contribution in [3.05, 3.63) is 28.0 Å². The second kappa shape index (κ2) is 8.09. The fourth-order valence-electron chi connectivity index (χ4n) is 2.42. The zero-order valence-electron chi connectivity index (χ0n) is 12.5. The average Bonchev–Trinajstić information content (AvgIpc) is 2.53. The van der Waals surface area contributed by atoms with Crippen molar-refractivity contribution in [3.63, 3.8) is 0 Å². The highest BCUT2D eigenvalue weighted by atomic mass is 35.5. The van der Waals surface area contributed by atoms with Gasteiger partial charge in [0, 0.05) is 19.7 Å². The van der Waals surface area contributed by atoms with Crippen molar-refractivity contribution in [2.75, 3.05) is 26.2 Å². The number of benzene rings is 1. The van der Waals surface area contributed by atoms with Crippen LogP contribution in [0.5, 0.6) is 0 Å². The standard InChI is InChI=1S/C14H19Cl2FN2O3S/c15-11-2-3-12(13(16)14(11)17)23(20,21)19-7-4-10(5-8-19)22-9-1-6-18/h2-3,10H,1,4-9,18H2. The molecule has 2 rings (SSSR count). The lowest BCUT2D eigenvalue weighted by atomic mass is 10.1. The Labute approximate surface area is 145 Å². The molecule has 0 bridgehead atoms. The minimum atomic E-state index is -3.85. The highest BCUT2D eigenvalue weighted by Crippen LogP contribution is 2.32. The molecular formula is C14H19Cl2FN2O3S. The third kappa shape index (κ3) is 4.35. The molecule has 1 heterocycles. The lowest BCUT2D eigenvalue weighted by Gasteiger charge is -2.31. The number of nitrogens with two attached hydrogens (primary N) is 1. The maximum absolute atomic E-state index is 13.7. The van der Waals surface area contributed by atoms with Crippen LogP contribution in [0.2, 0.25) is 10.0 Å². The number of piperidine rings is 1. The second-order valence-corrected chi connectivity index (χ2v) is 7.98. The average molecular weight is 385 g/mol. The Kier molecular flexibility index (Phi) is 6.65. The van der Waals surface area contributed by atoms with E-state index in [4.69, 9.17) is 33.7 Å². The molecule has 23 heavy (non-hydrogen) atoms. The molecular weight excluding hydrogens is 366 g/mol. The summed E-state index contributed by atoms with van der Waals surface area (Å²) in [6.07, 6.45) is 1.96. The molecule has 0 aromatic heterocycles. The lowest BCUT2D eigenvalue weighted by molar-refractivity contribution is 0.0209. The molecule has 0 radical (unpaired) electrons. The summed E-state index contributed by atoms with van der Waals surface area (Å²) in [5.41, 5.74) is 5.40. The van der Waals surface area contributed by atoms with Crippen molar-refractivity contribution in [2.45, 2.75) is 30.3 Å². The minimum absolute atomic E-state index is 0.0189. The first-order valence-corrected chi connectivity index (χ1v) is 9.53. The van der Waals surface area contributed by atoms with Crippen LogP contribution in [-0.4, -0.2) is 45.1 Å².